The van der Waals surface area contributed by atoms with Crippen LogP contribution in [-0.2, 0) is 0 Å². The minimum atomic E-state index is -0.0443. The van der Waals surface area contributed by atoms with Gasteiger partial charge in [0.2, 0.25) is 5.95 Å². The molecule has 1 atom stereocenters. The van der Waals surface area contributed by atoms with Crippen LogP contribution in [0, 0.1) is 13.8 Å². The number of piperazine rings is 1. The second kappa shape index (κ2) is 9.53. The third-order valence-corrected chi connectivity index (χ3v) is 6.62. The molecule has 1 saturated heterocycles. The maximum absolute atomic E-state index is 12.9. The zero-order chi connectivity index (χ0) is 21.8. The molecule has 0 aliphatic carbocycles. The van der Waals surface area contributed by atoms with Gasteiger partial charge in [-0.25, -0.2) is 15.0 Å². The number of carbonyl (C=O) groups is 1. The third-order valence-electron chi connectivity index (χ3n) is 5.42. The first-order valence-corrected chi connectivity index (χ1v) is 11.4. The molecule has 1 N–H and O–H groups in total. The van der Waals surface area contributed by atoms with Crippen LogP contribution in [0.15, 0.2) is 42.7 Å². The molecule has 8 heteroatoms. The van der Waals surface area contributed by atoms with E-state index >= 15 is 0 Å². The first-order chi connectivity index (χ1) is 15.0. The van der Waals surface area contributed by atoms with Crippen LogP contribution < -0.4 is 10.2 Å². The molecule has 7 nitrogen and oxygen atoms in total. The smallest absolute Gasteiger partial charge is 0.263 e. The molecule has 1 amide bonds. The van der Waals surface area contributed by atoms with Gasteiger partial charge in [-0.3, -0.25) is 9.69 Å². The van der Waals surface area contributed by atoms with Crippen LogP contribution in [0.1, 0.15) is 27.9 Å². The first kappa shape index (κ1) is 21.4. The molecule has 4 rings (SSSR count). The lowest BCUT2D eigenvalue weighted by Gasteiger charge is -2.35. The summed E-state index contributed by atoms with van der Waals surface area (Å²) in [5.74, 6) is 0.741. The summed E-state index contributed by atoms with van der Waals surface area (Å²) >= 11 is 1.46. The van der Waals surface area contributed by atoms with Crippen molar-refractivity contribution in [1.29, 1.82) is 0 Å². The van der Waals surface area contributed by atoms with Crippen molar-refractivity contribution in [3.05, 3.63) is 58.9 Å². The summed E-state index contributed by atoms with van der Waals surface area (Å²) in [6, 6.07) is 10.1. The summed E-state index contributed by atoms with van der Waals surface area (Å²) in [7, 11) is 0. The molecule has 2 aromatic heterocycles. The Morgan fingerprint density at radius 1 is 1.10 bits per heavy atom. The van der Waals surface area contributed by atoms with Gasteiger partial charge in [0, 0.05) is 56.7 Å². The molecule has 0 spiro atoms. The van der Waals surface area contributed by atoms with E-state index in [4.69, 9.17) is 0 Å². The van der Waals surface area contributed by atoms with E-state index in [-0.39, 0.29) is 11.9 Å². The van der Waals surface area contributed by atoms with Crippen molar-refractivity contribution in [3.8, 4) is 10.6 Å². The van der Waals surface area contributed by atoms with Crippen molar-refractivity contribution in [2.45, 2.75) is 26.8 Å². The molecule has 0 saturated carbocycles. The van der Waals surface area contributed by atoms with Gasteiger partial charge in [0.05, 0.1) is 5.69 Å². The number of carbonyl (C=O) groups excluding carboxylic acids is 1. The number of anilines is 1. The summed E-state index contributed by atoms with van der Waals surface area (Å²) in [6.45, 7) is 10.5. The second-order valence-corrected chi connectivity index (χ2v) is 9.01. The van der Waals surface area contributed by atoms with E-state index in [2.05, 4.69) is 68.2 Å². The predicted octanol–water partition coefficient (Wildman–Crippen LogP) is 3.16. The Morgan fingerprint density at radius 3 is 2.45 bits per heavy atom. The van der Waals surface area contributed by atoms with Crippen LogP contribution in [0.5, 0.6) is 0 Å². The Kier molecular flexibility index (Phi) is 6.58. The Balaban J connectivity index is 1.30. The van der Waals surface area contributed by atoms with Gasteiger partial charge in [-0.2, -0.15) is 0 Å². The van der Waals surface area contributed by atoms with Gasteiger partial charge in [0.1, 0.15) is 9.88 Å². The zero-order valence-electron chi connectivity index (χ0n) is 18.2. The molecule has 1 aliphatic rings. The van der Waals surface area contributed by atoms with Gasteiger partial charge in [-0.1, -0.05) is 29.8 Å². The maximum Gasteiger partial charge on any atom is 0.263 e. The topological polar surface area (TPSA) is 74.2 Å². The number of nitrogens with one attached hydrogen (secondary N) is 1. The number of hydrogen-bond acceptors (Lipinski definition) is 7. The van der Waals surface area contributed by atoms with Crippen LogP contribution in [0.2, 0.25) is 0 Å². The van der Waals surface area contributed by atoms with Crippen molar-refractivity contribution >= 4 is 23.2 Å². The van der Waals surface area contributed by atoms with Crippen molar-refractivity contribution in [1.82, 2.24) is 25.2 Å². The van der Waals surface area contributed by atoms with E-state index in [1.807, 2.05) is 13.0 Å². The fraction of sp³-hybridized carbons (Fsp3) is 0.391. The molecule has 162 valence electrons. The number of benzene rings is 1. The largest absolute Gasteiger partial charge is 0.348 e. The molecule has 3 heterocycles. The number of aromatic nitrogens is 3. The highest BCUT2D eigenvalue weighted by Crippen LogP contribution is 2.28. The molecule has 31 heavy (non-hydrogen) atoms. The van der Waals surface area contributed by atoms with Crippen LogP contribution in [0.3, 0.4) is 0 Å². The van der Waals surface area contributed by atoms with Gasteiger partial charge in [0.25, 0.3) is 5.91 Å². The molecule has 1 fully saturated rings. The van der Waals surface area contributed by atoms with Gasteiger partial charge in [-0.05, 0) is 26.8 Å². The fourth-order valence-corrected chi connectivity index (χ4v) is 4.71. The molecular formula is C23H28N6OS. The normalized spacial score (nSPS) is 15.6. The van der Waals surface area contributed by atoms with Crippen LogP contribution >= 0.6 is 11.3 Å². The summed E-state index contributed by atoms with van der Waals surface area (Å²) in [5, 5.41) is 4.04. The van der Waals surface area contributed by atoms with E-state index in [0.717, 1.165) is 54.9 Å². The summed E-state index contributed by atoms with van der Waals surface area (Å²) < 4.78 is 0. The second-order valence-electron chi connectivity index (χ2n) is 8.01. The first-order valence-electron chi connectivity index (χ1n) is 10.6. The minimum Gasteiger partial charge on any atom is -0.348 e. The van der Waals surface area contributed by atoms with Crippen LogP contribution in [0.25, 0.3) is 10.6 Å². The lowest BCUT2D eigenvalue weighted by molar-refractivity contribution is 0.0931. The summed E-state index contributed by atoms with van der Waals surface area (Å²) in [5.41, 5.74) is 3.04. The lowest BCUT2D eigenvalue weighted by atomic mass is 10.2. The fourth-order valence-electron chi connectivity index (χ4n) is 3.73. The number of aryl methyl sites for hydroxylation is 2. The third kappa shape index (κ3) is 5.26. The quantitative estimate of drug-likeness (QED) is 0.640. The number of rotatable bonds is 6. The number of nitrogens with zero attached hydrogens (tertiary/aromatic N) is 5. The predicted molar refractivity (Wildman–Crippen MR) is 125 cm³/mol. The van der Waals surface area contributed by atoms with Crippen LogP contribution in [-0.4, -0.2) is 64.5 Å². The van der Waals surface area contributed by atoms with E-state index < -0.39 is 0 Å². The molecule has 0 bridgehead atoms. The highest BCUT2D eigenvalue weighted by atomic mass is 32.1. The minimum absolute atomic E-state index is 0.0443. The number of thiazole rings is 1. The standard InChI is InChI=1S/C23H28N6OS/c1-16-5-7-19(8-6-16)22-27-18(3)20(31-22)21(30)26-17(2)15-28-11-13-29(14-12-28)23-24-9-4-10-25-23/h4-10,17H,11-15H2,1-3H3,(H,26,30). The molecular weight excluding hydrogens is 408 g/mol. The highest BCUT2D eigenvalue weighted by Gasteiger charge is 2.22. The zero-order valence-corrected chi connectivity index (χ0v) is 19.0. The Bertz CT molecular complexity index is 1010. The Hall–Kier alpha value is -2.84. The van der Waals surface area contributed by atoms with Crippen molar-refractivity contribution in [2.24, 2.45) is 0 Å². The average Bonchev–Trinajstić information content (AvgIpc) is 3.17. The maximum atomic E-state index is 12.9. The van der Waals surface area contributed by atoms with E-state index in [0.29, 0.717) is 4.88 Å². The van der Waals surface area contributed by atoms with Crippen molar-refractivity contribution < 1.29 is 4.79 Å². The Morgan fingerprint density at radius 2 is 1.77 bits per heavy atom. The monoisotopic (exact) mass is 436 g/mol. The van der Waals surface area contributed by atoms with Gasteiger partial charge in [0.15, 0.2) is 0 Å². The van der Waals surface area contributed by atoms with Gasteiger partial charge >= 0.3 is 0 Å². The lowest BCUT2D eigenvalue weighted by Crippen LogP contribution is -2.51. The van der Waals surface area contributed by atoms with Gasteiger partial charge < -0.3 is 10.2 Å². The van der Waals surface area contributed by atoms with Crippen molar-refractivity contribution in [2.75, 3.05) is 37.6 Å². The molecule has 3 aromatic rings. The SMILES string of the molecule is Cc1ccc(-c2nc(C)c(C(=O)NC(C)CN3CCN(c4ncccn4)CC3)s2)cc1. The average molecular weight is 437 g/mol. The van der Waals surface area contributed by atoms with E-state index in [1.54, 1.807) is 12.4 Å². The van der Waals surface area contributed by atoms with Gasteiger partial charge in [-0.15, -0.1) is 11.3 Å². The molecule has 0 radical (unpaired) electrons. The molecule has 1 unspecified atom stereocenters. The number of amides is 1. The number of hydrogen-bond donors (Lipinski definition) is 1. The Labute approximate surface area is 187 Å². The van der Waals surface area contributed by atoms with E-state index in [9.17, 15) is 4.79 Å². The van der Waals surface area contributed by atoms with Crippen LogP contribution in [0.4, 0.5) is 5.95 Å². The molecule has 1 aromatic carbocycles. The molecule has 1 aliphatic heterocycles. The highest BCUT2D eigenvalue weighted by molar-refractivity contribution is 7.17. The summed E-state index contributed by atoms with van der Waals surface area (Å²) in [4.78, 5) is 31.4. The van der Waals surface area contributed by atoms with E-state index in [1.165, 1.54) is 16.9 Å². The van der Waals surface area contributed by atoms with Crippen molar-refractivity contribution in [3.63, 3.8) is 0 Å². The summed E-state index contributed by atoms with van der Waals surface area (Å²) in [6.07, 6.45) is 3.55.